The molecule has 2 aromatic heterocycles. The van der Waals surface area contributed by atoms with Gasteiger partial charge in [-0.1, -0.05) is 6.07 Å². The lowest BCUT2D eigenvalue weighted by atomic mass is 9.96. The standard InChI is InChI=1S/C27H25F2N5O2S/c1-32(2)22-7-9-33(15-35)25(22)16-3-6-23-19(11-16)26-17(8-10-36-23)12-24(37-26)27-30-14-31-34(27)21-5-4-18(28)13-20(21)29/h3-6,11-15,22,25H,7-10H2,1-2H3/t22?,25-/m0/s1. The molecule has 0 radical (unpaired) electrons. The van der Waals surface area contributed by atoms with Crippen molar-refractivity contribution in [2.75, 3.05) is 27.2 Å². The van der Waals surface area contributed by atoms with E-state index in [1.165, 1.54) is 34.5 Å². The smallest absolute Gasteiger partial charge is 0.210 e. The summed E-state index contributed by atoms with van der Waals surface area (Å²) in [7, 11) is 4.09. The summed E-state index contributed by atoms with van der Waals surface area (Å²) in [6.45, 7) is 1.24. The van der Waals surface area contributed by atoms with E-state index >= 15 is 0 Å². The molecule has 190 valence electrons. The number of aromatic nitrogens is 3. The molecule has 0 N–H and O–H groups in total. The summed E-state index contributed by atoms with van der Waals surface area (Å²) in [6.07, 6.45) is 3.92. The fraction of sp³-hybridized carbons (Fsp3) is 0.296. The molecule has 0 bridgehead atoms. The Morgan fingerprint density at radius 3 is 2.81 bits per heavy atom. The topological polar surface area (TPSA) is 63.5 Å². The number of hydrogen-bond donors (Lipinski definition) is 0. The Bertz CT molecular complexity index is 1480. The number of benzene rings is 2. The first-order valence-corrected chi connectivity index (χ1v) is 12.9. The van der Waals surface area contributed by atoms with Crippen LogP contribution in [0.5, 0.6) is 5.75 Å². The molecule has 0 aliphatic carbocycles. The number of carbonyl (C=O) groups excluding carboxylic acids is 1. The van der Waals surface area contributed by atoms with Crippen molar-refractivity contribution in [1.82, 2.24) is 24.6 Å². The Labute approximate surface area is 216 Å². The highest BCUT2D eigenvalue weighted by molar-refractivity contribution is 7.19. The van der Waals surface area contributed by atoms with Gasteiger partial charge in [0, 0.05) is 35.5 Å². The molecule has 6 rings (SSSR count). The number of nitrogens with zero attached hydrogens (tertiary/aromatic N) is 5. The molecule has 2 atom stereocenters. The number of likely N-dealkylation sites (tertiary alicyclic amines) is 1. The lowest BCUT2D eigenvalue weighted by Crippen LogP contribution is -2.35. The summed E-state index contributed by atoms with van der Waals surface area (Å²) in [5.41, 5.74) is 3.27. The van der Waals surface area contributed by atoms with Gasteiger partial charge < -0.3 is 14.5 Å². The predicted molar refractivity (Wildman–Crippen MR) is 137 cm³/mol. The van der Waals surface area contributed by atoms with Gasteiger partial charge >= 0.3 is 0 Å². The molecule has 1 unspecified atom stereocenters. The second-order valence-electron chi connectivity index (χ2n) is 9.52. The zero-order valence-corrected chi connectivity index (χ0v) is 21.2. The number of fused-ring (bicyclic) bond motifs is 3. The third-order valence-corrected chi connectivity index (χ3v) is 8.34. The summed E-state index contributed by atoms with van der Waals surface area (Å²) >= 11 is 1.54. The van der Waals surface area contributed by atoms with E-state index in [0.717, 1.165) is 51.1 Å². The minimum absolute atomic E-state index is 0.0477. The molecular formula is C27H25F2N5O2S. The fourth-order valence-corrected chi connectivity index (χ4v) is 6.58. The summed E-state index contributed by atoms with van der Waals surface area (Å²) < 4.78 is 35.5. The van der Waals surface area contributed by atoms with Crippen molar-refractivity contribution in [3.05, 3.63) is 71.6 Å². The molecule has 1 amide bonds. The molecule has 1 saturated heterocycles. The lowest BCUT2D eigenvalue weighted by Gasteiger charge is -2.30. The van der Waals surface area contributed by atoms with Gasteiger partial charge in [0.1, 0.15) is 23.6 Å². The summed E-state index contributed by atoms with van der Waals surface area (Å²) in [6, 6.07) is 11.8. The minimum atomic E-state index is -0.708. The van der Waals surface area contributed by atoms with Crippen LogP contribution in [0, 0.1) is 11.6 Å². The second-order valence-corrected chi connectivity index (χ2v) is 10.6. The van der Waals surface area contributed by atoms with E-state index in [1.807, 2.05) is 31.1 Å². The van der Waals surface area contributed by atoms with Crippen LogP contribution in [0.2, 0.25) is 0 Å². The third kappa shape index (κ3) is 4.10. The van der Waals surface area contributed by atoms with Gasteiger partial charge in [0.2, 0.25) is 6.41 Å². The maximum Gasteiger partial charge on any atom is 0.210 e. The molecule has 4 aromatic rings. The normalized spacial score (nSPS) is 18.9. The zero-order chi connectivity index (χ0) is 25.7. The first kappa shape index (κ1) is 23.7. The number of thiophene rings is 1. The van der Waals surface area contributed by atoms with Crippen molar-refractivity contribution < 1.29 is 18.3 Å². The Hall–Kier alpha value is -3.63. The predicted octanol–water partition coefficient (Wildman–Crippen LogP) is 4.71. The molecular weight excluding hydrogens is 496 g/mol. The van der Waals surface area contributed by atoms with Crippen LogP contribution in [-0.4, -0.2) is 64.3 Å². The number of hydrogen-bond acceptors (Lipinski definition) is 6. The molecule has 2 aliphatic heterocycles. The van der Waals surface area contributed by atoms with Crippen LogP contribution >= 0.6 is 11.3 Å². The maximum absolute atomic E-state index is 14.6. The highest BCUT2D eigenvalue weighted by Crippen LogP contribution is 2.46. The number of rotatable bonds is 5. The Kier molecular flexibility index (Phi) is 6.00. The monoisotopic (exact) mass is 521 g/mol. The second kappa shape index (κ2) is 9.35. The third-order valence-electron chi connectivity index (χ3n) is 7.14. The van der Waals surface area contributed by atoms with Gasteiger partial charge in [-0.25, -0.2) is 18.4 Å². The summed E-state index contributed by atoms with van der Waals surface area (Å²) in [5.74, 6) is -0.0816. The average molecular weight is 522 g/mol. The maximum atomic E-state index is 14.6. The molecule has 10 heteroatoms. The van der Waals surface area contributed by atoms with Gasteiger partial charge in [0.25, 0.3) is 0 Å². The molecule has 0 saturated carbocycles. The average Bonchev–Trinajstić information content (AvgIpc) is 3.60. The molecule has 7 nitrogen and oxygen atoms in total. The van der Waals surface area contributed by atoms with Crippen molar-refractivity contribution in [2.24, 2.45) is 0 Å². The van der Waals surface area contributed by atoms with E-state index in [2.05, 4.69) is 27.1 Å². The molecule has 0 spiro atoms. The molecule has 37 heavy (non-hydrogen) atoms. The Morgan fingerprint density at radius 2 is 2.03 bits per heavy atom. The van der Waals surface area contributed by atoms with Crippen LogP contribution in [-0.2, 0) is 11.2 Å². The quantitative estimate of drug-likeness (QED) is 0.356. The van der Waals surface area contributed by atoms with Crippen LogP contribution < -0.4 is 4.74 Å². The van der Waals surface area contributed by atoms with Crippen molar-refractivity contribution in [2.45, 2.75) is 24.9 Å². The van der Waals surface area contributed by atoms with Crippen LogP contribution in [0.15, 0.2) is 48.8 Å². The van der Waals surface area contributed by atoms with Crippen molar-refractivity contribution in [1.29, 1.82) is 0 Å². The Morgan fingerprint density at radius 1 is 1.16 bits per heavy atom. The molecule has 1 fully saturated rings. The van der Waals surface area contributed by atoms with Crippen LogP contribution in [0.1, 0.15) is 23.6 Å². The fourth-order valence-electron chi connectivity index (χ4n) is 5.37. The number of amides is 1. The van der Waals surface area contributed by atoms with E-state index in [-0.39, 0.29) is 17.8 Å². The highest BCUT2D eigenvalue weighted by atomic mass is 32.1. The van der Waals surface area contributed by atoms with Crippen molar-refractivity contribution >= 4 is 17.7 Å². The first-order chi connectivity index (χ1) is 17.9. The number of halogens is 2. The van der Waals surface area contributed by atoms with Crippen LogP contribution in [0.4, 0.5) is 8.78 Å². The van der Waals surface area contributed by atoms with E-state index < -0.39 is 11.6 Å². The molecule has 2 aliphatic rings. The molecule has 2 aromatic carbocycles. The van der Waals surface area contributed by atoms with Gasteiger partial charge in [-0.2, -0.15) is 5.10 Å². The van der Waals surface area contributed by atoms with E-state index in [4.69, 9.17) is 4.74 Å². The first-order valence-electron chi connectivity index (χ1n) is 12.1. The van der Waals surface area contributed by atoms with Gasteiger partial charge in [0.15, 0.2) is 11.6 Å². The minimum Gasteiger partial charge on any atom is -0.493 e. The zero-order valence-electron chi connectivity index (χ0n) is 20.4. The van der Waals surface area contributed by atoms with Crippen molar-refractivity contribution in [3.8, 4) is 32.6 Å². The number of ether oxygens (including phenoxy) is 1. The van der Waals surface area contributed by atoms with Gasteiger partial charge in [-0.15, -0.1) is 11.3 Å². The van der Waals surface area contributed by atoms with Gasteiger partial charge in [-0.3, -0.25) is 4.79 Å². The number of likely N-dealkylation sites (N-methyl/N-ethyl adjacent to an activating group) is 1. The van der Waals surface area contributed by atoms with E-state index in [0.29, 0.717) is 25.4 Å². The largest absolute Gasteiger partial charge is 0.493 e. The van der Waals surface area contributed by atoms with Crippen LogP contribution in [0.3, 0.4) is 0 Å². The highest BCUT2D eigenvalue weighted by Gasteiger charge is 2.36. The Balaban J connectivity index is 1.44. The van der Waals surface area contributed by atoms with E-state index in [9.17, 15) is 13.6 Å². The molecule has 4 heterocycles. The number of carbonyl (C=O) groups is 1. The van der Waals surface area contributed by atoms with Gasteiger partial charge in [0.05, 0.1) is 17.5 Å². The summed E-state index contributed by atoms with van der Waals surface area (Å²) in [5, 5.41) is 4.21. The summed E-state index contributed by atoms with van der Waals surface area (Å²) in [4.78, 5) is 22.2. The SMILES string of the molecule is CN(C)C1CCN(C=O)[C@H]1c1ccc2c(c1)-c1sc(-c3ncnn3-c3ccc(F)cc3F)cc1CCO2. The van der Waals surface area contributed by atoms with Gasteiger partial charge in [-0.05, 0) is 62.0 Å². The van der Waals surface area contributed by atoms with Crippen molar-refractivity contribution in [3.63, 3.8) is 0 Å². The van der Waals surface area contributed by atoms with Crippen LogP contribution in [0.25, 0.3) is 26.8 Å². The van der Waals surface area contributed by atoms with E-state index in [1.54, 1.807) is 0 Å². The lowest BCUT2D eigenvalue weighted by molar-refractivity contribution is -0.119.